The first-order chi connectivity index (χ1) is 10.8. The van der Waals surface area contributed by atoms with Gasteiger partial charge in [-0.05, 0) is 31.5 Å². The molecule has 0 atom stereocenters. The Kier molecular flexibility index (Phi) is 6.62. The minimum Gasteiger partial charge on any atom is -0.494 e. The number of benzene rings is 2. The number of hydrogen-bond acceptors (Lipinski definition) is 3. The van der Waals surface area contributed by atoms with Gasteiger partial charge in [-0.15, -0.1) is 0 Å². The molecule has 0 fully saturated rings. The van der Waals surface area contributed by atoms with E-state index in [0.717, 1.165) is 43.2 Å². The monoisotopic (exact) mass is 299 g/mol. The topological polar surface area (TPSA) is 30.5 Å². The molecule has 0 aliphatic heterocycles. The highest BCUT2D eigenvalue weighted by Crippen LogP contribution is 2.22. The van der Waals surface area contributed by atoms with Gasteiger partial charge in [0.05, 0.1) is 13.2 Å². The van der Waals surface area contributed by atoms with Crippen molar-refractivity contribution in [2.24, 2.45) is 0 Å². The van der Waals surface area contributed by atoms with Crippen LogP contribution in [0.1, 0.15) is 32.3 Å². The Morgan fingerprint density at radius 2 is 1.82 bits per heavy atom. The molecule has 0 amide bonds. The molecule has 2 aromatic carbocycles. The summed E-state index contributed by atoms with van der Waals surface area (Å²) in [5, 5.41) is 3.43. The zero-order chi connectivity index (χ0) is 15.6. The second kappa shape index (κ2) is 8.98. The number of unbranched alkanes of at least 4 members (excludes halogenated alkanes) is 1. The molecule has 0 aliphatic carbocycles. The van der Waals surface area contributed by atoms with Crippen molar-refractivity contribution in [3.8, 4) is 11.5 Å². The fourth-order valence-electron chi connectivity index (χ4n) is 2.18. The molecule has 0 aliphatic rings. The van der Waals surface area contributed by atoms with Crippen molar-refractivity contribution in [2.75, 3.05) is 18.5 Å². The van der Waals surface area contributed by atoms with Crippen molar-refractivity contribution in [1.29, 1.82) is 0 Å². The molecule has 118 valence electrons. The summed E-state index contributed by atoms with van der Waals surface area (Å²) in [7, 11) is 0. The van der Waals surface area contributed by atoms with Crippen LogP contribution in [0.5, 0.6) is 11.5 Å². The van der Waals surface area contributed by atoms with E-state index in [-0.39, 0.29) is 0 Å². The van der Waals surface area contributed by atoms with Crippen LogP contribution in [0.3, 0.4) is 0 Å². The number of hydrogen-bond donors (Lipinski definition) is 1. The van der Waals surface area contributed by atoms with E-state index in [1.807, 2.05) is 49.4 Å². The summed E-state index contributed by atoms with van der Waals surface area (Å²) in [6.07, 6.45) is 2.23. The SMILES string of the molecule is CCCCOc1ccccc1CNc1cccc(OCC)c1. The van der Waals surface area contributed by atoms with E-state index in [9.17, 15) is 0 Å². The molecule has 3 heteroatoms. The zero-order valence-electron chi connectivity index (χ0n) is 13.5. The standard InChI is InChI=1S/C19H25NO2/c1-3-5-13-22-19-12-7-6-9-16(19)15-20-17-10-8-11-18(14-17)21-4-2/h6-12,14,20H,3-5,13,15H2,1-2H3. The van der Waals surface area contributed by atoms with E-state index in [0.29, 0.717) is 6.61 Å². The summed E-state index contributed by atoms with van der Waals surface area (Å²) in [4.78, 5) is 0. The number of nitrogens with one attached hydrogen (secondary N) is 1. The fraction of sp³-hybridized carbons (Fsp3) is 0.368. The Labute approximate surface area is 133 Å². The van der Waals surface area contributed by atoms with Gasteiger partial charge in [-0.3, -0.25) is 0 Å². The van der Waals surface area contributed by atoms with Gasteiger partial charge in [-0.2, -0.15) is 0 Å². The van der Waals surface area contributed by atoms with Crippen molar-refractivity contribution < 1.29 is 9.47 Å². The quantitative estimate of drug-likeness (QED) is 0.670. The third-order valence-electron chi connectivity index (χ3n) is 3.36. The Balaban J connectivity index is 1.97. The number of anilines is 1. The van der Waals surface area contributed by atoms with Crippen LogP contribution in [0.25, 0.3) is 0 Å². The van der Waals surface area contributed by atoms with E-state index in [4.69, 9.17) is 9.47 Å². The lowest BCUT2D eigenvalue weighted by molar-refractivity contribution is 0.306. The Bertz CT molecular complexity index is 569. The summed E-state index contributed by atoms with van der Waals surface area (Å²) >= 11 is 0. The normalized spacial score (nSPS) is 10.3. The highest BCUT2D eigenvalue weighted by atomic mass is 16.5. The van der Waals surface area contributed by atoms with Crippen LogP contribution in [0.15, 0.2) is 48.5 Å². The number of para-hydroxylation sites is 1. The van der Waals surface area contributed by atoms with Crippen molar-refractivity contribution in [2.45, 2.75) is 33.2 Å². The summed E-state index contributed by atoms with van der Waals surface area (Å²) < 4.78 is 11.4. The molecule has 0 heterocycles. The maximum Gasteiger partial charge on any atom is 0.124 e. The molecule has 3 nitrogen and oxygen atoms in total. The number of ether oxygens (including phenoxy) is 2. The predicted octanol–water partition coefficient (Wildman–Crippen LogP) is 4.88. The fourth-order valence-corrected chi connectivity index (χ4v) is 2.18. The summed E-state index contributed by atoms with van der Waals surface area (Å²) in [6.45, 7) is 6.34. The predicted molar refractivity (Wildman–Crippen MR) is 91.8 cm³/mol. The molecule has 0 radical (unpaired) electrons. The van der Waals surface area contributed by atoms with Gasteiger partial charge in [0.2, 0.25) is 0 Å². The van der Waals surface area contributed by atoms with Crippen molar-refractivity contribution in [3.63, 3.8) is 0 Å². The smallest absolute Gasteiger partial charge is 0.124 e. The molecular weight excluding hydrogens is 274 g/mol. The van der Waals surface area contributed by atoms with Gasteiger partial charge in [0.1, 0.15) is 11.5 Å². The maximum absolute atomic E-state index is 5.86. The Hall–Kier alpha value is -2.16. The third-order valence-corrected chi connectivity index (χ3v) is 3.36. The van der Waals surface area contributed by atoms with Gasteiger partial charge in [0.25, 0.3) is 0 Å². The van der Waals surface area contributed by atoms with Crippen molar-refractivity contribution >= 4 is 5.69 Å². The largest absolute Gasteiger partial charge is 0.494 e. The second-order valence-corrected chi connectivity index (χ2v) is 5.12. The van der Waals surface area contributed by atoms with Crippen molar-refractivity contribution in [1.82, 2.24) is 0 Å². The van der Waals surface area contributed by atoms with Crippen LogP contribution in [0.4, 0.5) is 5.69 Å². The maximum atomic E-state index is 5.86. The lowest BCUT2D eigenvalue weighted by atomic mass is 10.2. The highest BCUT2D eigenvalue weighted by molar-refractivity contribution is 5.49. The second-order valence-electron chi connectivity index (χ2n) is 5.12. The Morgan fingerprint density at radius 1 is 0.955 bits per heavy atom. The molecule has 0 saturated carbocycles. The molecule has 0 unspecified atom stereocenters. The van der Waals surface area contributed by atoms with Crippen LogP contribution in [0, 0.1) is 0 Å². The average molecular weight is 299 g/mol. The summed E-state index contributed by atoms with van der Waals surface area (Å²) in [5.74, 6) is 1.85. The molecular formula is C19H25NO2. The van der Waals surface area contributed by atoms with Gasteiger partial charge in [0, 0.05) is 23.9 Å². The lowest BCUT2D eigenvalue weighted by Crippen LogP contribution is -2.04. The molecule has 0 spiro atoms. The van der Waals surface area contributed by atoms with E-state index in [1.54, 1.807) is 0 Å². The number of rotatable bonds is 9. The molecule has 2 aromatic rings. The molecule has 0 saturated heterocycles. The lowest BCUT2D eigenvalue weighted by Gasteiger charge is -2.13. The van der Waals surface area contributed by atoms with Gasteiger partial charge in [-0.1, -0.05) is 37.6 Å². The summed E-state index contributed by atoms with van der Waals surface area (Å²) in [6, 6.07) is 16.2. The van der Waals surface area contributed by atoms with Gasteiger partial charge < -0.3 is 14.8 Å². The van der Waals surface area contributed by atoms with Gasteiger partial charge >= 0.3 is 0 Å². The first-order valence-electron chi connectivity index (χ1n) is 8.01. The molecule has 0 bridgehead atoms. The van der Waals surface area contributed by atoms with E-state index < -0.39 is 0 Å². The summed E-state index contributed by atoms with van der Waals surface area (Å²) in [5.41, 5.74) is 2.22. The van der Waals surface area contributed by atoms with Crippen LogP contribution in [-0.4, -0.2) is 13.2 Å². The molecule has 22 heavy (non-hydrogen) atoms. The van der Waals surface area contributed by atoms with Gasteiger partial charge in [-0.25, -0.2) is 0 Å². The zero-order valence-corrected chi connectivity index (χ0v) is 13.5. The van der Waals surface area contributed by atoms with E-state index >= 15 is 0 Å². The first kappa shape index (κ1) is 16.2. The minimum atomic E-state index is 0.678. The van der Waals surface area contributed by atoms with Crippen LogP contribution in [0.2, 0.25) is 0 Å². The molecule has 1 N–H and O–H groups in total. The van der Waals surface area contributed by atoms with Crippen LogP contribution >= 0.6 is 0 Å². The Morgan fingerprint density at radius 3 is 2.64 bits per heavy atom. The van der Waals surface area contributed by atoms with Crippen molar-refractivity contribution in [3.05, 3.63) is 54.1 Å². The highest BCUT2D eigenvalue weighted by Gasteiger charge is 2.03. The van der Waals surface area contributed by atoms with Crippen LogP contribution in [-0.2, 0) is 6.54 Å². The molecule has 2 rings (SSSR count). The molecule has 0 aromatic heterocycles. The minimum absolute atomic E-state index is 0.678. The van der Waals surface area contributed by atoms with Gasteiger partial charge in [0.15, 0.2) is 0 Å². The third kappa shape index (κ3) is 4.99. The van der Waals surface area contributed by atoms with Crippen LogP contribution < -0.4 is 14.8 Å². The van der Waals surface area contributed by atoms with E-state index in [2.05, 4.69) is 18.3 Å². The first-order valence-corrected chi connectivity index (χ1v) is 8.01. The average Bonchev–Trinajstić information content (AvgIpc) is 2.55. The van der Waals surface area contributed by atoms with E-state index in [1.165, 1.54) is 5.56 Å².